The third-order valence-corrected chi connectivity index (χ3v) is 13.9. The Morgan fingerprint density at radius 2 is 1.63 bits per heavy atom. The van der Waals surface area contributed by atoms with E-state index in [1.807, 2.05) is 6.07 Å². The Bertz CT molecular complexity index is 2590. The lowest BCUT2D eigenvalue weighted by Gasteiger charge is -2.44. The fourth-order valence-electron chi connectivity index (χ4n) is 10.5. The predicted octanol–water partition coefficient (Wildman–Crippen LogP) is 8.67. The van der Waals surface area contributed by atoms with Crippen molar-refractivity contribution in [3.8, 4) is 5.75 Å². The van der Waals surface area contributed by atoms with E-state index in [1.54, 1.807) is 32.9 Å². The van der Waals surface area contributed by atoms with Gasteiger partial charge in [-0.1, -0.05) is 78.9 Å². The van der Waals surface area contributed by atoms with Crippen molar-refractivity contribution in [3.63, 3.8) is 0 Å². The zero-order valence-electron chi connectivity index (χ0n) is 37.7. The second kappa shape index (κ2) is 19.9. The van der Waals surface area contributed by atoms with Gasteiger partial charge in [0.15, 0.2) is 12.2 Å². The largest absolute Gasteiger partial charge is 0.483 e. The Labute approximate surface area is 380 Å². The molecule has 0 radical (unpaired) electrons. The number of hydrogen-bond acceptors (Lipinski definition) is 11. The van der Waals surface area contributed by atoms with Crippen molar-refractivity contribution in [1.29, 1.82) is 0 Å². The topological polar surface area (TPSA) is 162 Å². The first-order valence-electron chi connectivity index (χ1n) is 22.9. The maximum Gasteiger partial charge on any atom is 0.340 e. The molecule has 0 amide bonds. The van der Waals surface area contributed by atoms with Crippen LogP contribution in [0.4, 0.5) is 0 Å². The van der Waals surface area contributed by atoms with Crippen LogP contribution < -0.4 is 10.4 Å². The summed E-state index contributed by atoms with van der Waals surface area (Å²) in [6.07, 6.45) is 1.89. The second-order valence-corrected chi connectivity index (χ2v) is 18.5. The molecule has 0 saturated heterocycles. The first kappa shape index (κ1) is 46.0. The van der Waals surface area contributed by atoms with Crippen molar-refractivity contribution in [3.05, 3.63) is 157 Å². The van der Waals surface area contributed by atoms with Gasteiger partial charge in [0, 0.05) is 42.6 Å². The van der Waals surface area contributed by atoms with Crippen molar-refractivity contribution in [2.24, 2.45) is 5.92 Å². The van der Waals surface area contributed by atoms with E-state index < -0.39 is 47.9 Å². The SMILES string of the molecule is COCC(CCO)c1c(CO)c2ccc3c(c2oc1=O)C1OC(=O)CC2CC(c4cccc(Cc5ccccc5)c4)CCC2c2ccc(cc2)CCC(=C(C)CO)C(=O)OC1C(C)(C)O3. The Hall–Kier alpha value is -5.59. The molecule has 65 heavy (non-hydrogen) atoms. The molecule has 5 aromatic rings. The molecule has 6 atom stereocenters. The summed E-state index contributed by atoms with van der Waals surface area (Å²) in [6, 6.07) is 31.0. The molecule has 2 bridgehead atoms. The molecule has 1 saturated carbocycles. The molecule has 0 spiro atoms. The molecule has 11 heteroatoms. The molecule has 1 aliphatic carbocycles. The number of ether oxygens (including phenoxy) is 4. The first-order chi connectivity index (χ1) is 31.4. The normalized spacial score (nSPS) is 23.3. The first-order valence-corrected chi connectivity index (χ1v) is 22.9. The molecule has 4 heterocycles. The van der Waals surface area contributed by atoms with Gasteiger partial charge in [-0.2, -0.15) is 0 Å². The molecular weight excluding hydrogens is 825 g/mol. The number of hydrogen-bond donors (Lipinski definition) is 3. The highest BCUT2D eigenvalue weighted by Crippen LogP contribution is 2.50. The fourth-order valence-corrected chi connectivity index (χ4v) is 10.5. The average molecular weight is 885 g/mol. The van der Waals surface area contributed by atoms with Gasteiger partial charge in [-0.25, -0.2) is 9.59 Å². The van der Waals surface area contributed by atoms with Crippen molar-refractivity contribution < 1.29 is 48.3 Å². The zero-order valence-corrected chi connectivity index (χ0v) is 37.7. The standard InChI is InChI=1S/C54H60O11/c1-32(29-56)41-19-15-33-13-16-36(17-14-33)42-20-18-38(37-12-8-11-35(26-37)25-34-9-6-5-7-10-34)27-40(42)28-46(58)62-50-48-45(65-54(2,3)51(50)64-52(41)59)22-21-43-44(30-57)47(53(60)63-49(43)48)39(23-24-55)31-61-4/h5-14,16-17,21-22,26,38-40,42,50-51,55-57H,15,18-20,23-25,27-31H2,1-4H3. The van der Waals surface area contributed by atoms with E-state index in [1.165, 1.54) is 23.8 Å². The second-order valence-electron chi connectivity index (χ2n) is 18.5. The lowest BCUT2D eigenvalue weighted by atomic mass is 9.68. The Morgan fingerprint density at radius 1 is 0.862 bits per heavy atom. The van der Waals surface area contributed by atoms with Crippen LogP contribution in [0.1, 0.15) is 128 Å². The van der Waals surface area contributed by atoms with Gasteiger partial charge >= 0.3 is 17.6 Å². The lowest BCUT2D eigenvalue weighted by Crippen LogP contribution is -2.52. The summed E-state index contributed by atoms with van der Waals surface area (Å²) >= 11 is 0. The van der Waals surface area contributed by atoms with Gasteiger partial charge in [0.2, 0.25) is 0 Å². The number of benzene rings is 4. The molecule has 1 aromatic heterocycles. The number of methoxy groups -OCH3 is 1. The van der Waals surface area contributed by atoms with Crippen LogP contribution in [-0.4, -0.2) is 65.9 Å². The number of fused-ring (bicyclic) bond motifs is 11. The molecule has 9 rings (SSSR count). The number of carbonyl (C=O) groups is 2. The number of rotatable bonds is 10. The third kappa shape index (κ3) is 9.70. The average Bonchev–Trinajstić information content (AvgIpc) is 3.29. The van der Waals surface area contributed by atoms with Crippen molar-refractivity contribution in [1.82, 2.24) is 0 Å². The van der Waals surface area contributed by atoms with Crippen LogP contribution in [0.2, 0.25) is 0 Å². The van der Waals surface area contributed by atoms with E-state index in [-0.39, 0.29) is 84.9 Å². The number of esters is 2. The molecular formula is C54H60O11. The van der Waals surface area contributed by atoms with E-state index >= 15 is 0 Å². The zero-order chi connectivity index (χ0) is 45.8. The number of aliphatic hydroxyl groups excluding tert-OH is 3. The number of aliphatic hydroxyl groups is 3. The van der Waals surface area contributed by atoms with Gasteiger partial charge in [-0.15, -0.1) is 0 Å². The van der Waals surface area contributed by atoms with E-state index in [4.69, 9.17) is 23.4 Å². The summed E-state index contributed by atoms with van der Waals surface area (Å²) in [5, 5.41) is 31.4. The van der Waals surface area contributed by atoms with Gasteiger partial charge < -0.3 is 38.7 Å². The third-order valence-electron chi connectivity index (χ3n) is 13.9. The summed E-state index contributed by atoms with van der Waals surface area (Å²) in [5.41, 5.74) is 5.30. The number of carbonyl (C=O) groups excluding carboxylic acids is 2. The molecule has 3 aliphatic heterocycles. The maximum absolute atomic E-state index is 14.9. The van der Waals surface area contributed by atoms with Gasteiger partial charge in [0.05, 0.1) is 25.4 Å². The summed E-state index contributed by atoms with van der Waals surface area (Å²) in [5.74, 6) is -1.36. The van der Waals surface area contributed by atoms with E-state index in [0.29, 0.717) is 23.0 Å². The quantitative estimate of drug-likeness (QED) is 0.0699. The summed E-state index contributed by atoms with van der Waals surface area (Å²) < 4.78 is 31.2. The highest BCUT2D eigenvalue weighted by atomic mass is 16.6. The Balaban J connectivity index is 1.23. The van der Waals surface area contributed by atoms with Crippen LogP contribution in [0.5, 0.6) is 5.75 Å². The minimum Gasteiger partial charge on any atom is -0.483 e. The van der Waals surface area contributed by atoms with E-state index in [9.17, 15) is 29.7 Å². The van der Waals surface area contributed by atoms with Crippen LogP contribution in [0.3, 0.4) is 0 Å². The smallest absolute Gasteiger partial charge is 0.340 e. The molecule has 4 aromatic carbocycles. The van der Waals surface area contributed by atoms with Gasteiger partial charge in [0.1, 0.15) is 16.9 Å². The highest BCUT2D eigenvalue weighted by molar-refractivity contribution is 5.90. The summed E-state index contributed by atoms with van der Waals surface area (Å²) in [4.78, 5) is 43.3. The van der Waals surface area contributed by atoms with Crippen LogP contribution >= 0.6 is 0 Å². The van der Waals surface area contributed by atoms with Crippen LogP contribution in [0, 0.1) is 5.92 Å². The number of aryl methyl sites for hydroxylation is 1. The van der Waals surface area contributed by atoms with Crippen LogP contribution in [-0.2, 0) is 43.2 Å². The monoisotopic (exact) mass is 884 g/mol. The van der Waals surface area contributed by atoms with Crippen LogP contribution in [0.15, 0.2) is 111 Å². The molecule has 1 fully saturated rings. The fraction of sp³-hybridized carbons (Fsp3) is 0.426. The lowest BCUT2D eigenvalue weighted by molar-refractivity contribution is -0.188. The van der Waals surface area contributed by atoms with Gasteiger partial charge in [-0.05, 0) is 135 Å². The van der Waals surface area contributed by atoms with E-state index in [2.05, 4.69) is 72.8 Å². The van der Waals surface area contributed by atoms with Gasteiger partial charge in [-0.3, -0.25) is 4.79 Å². The van der Waals surface area contributed by atoms with E-state index in [0.717, 1.165) is 36.8 Å². The molecule has 6 unspecified atom stereocenters. The molecule has 11 nitrogen and oxygen atoms in total. The Morgan fingerprint density at radius 3 is 2.35 bits per heavy atom. The minimum atomic E-state index is -1.31. The van der Waals surface area contributed by atoms with Gasteiger partial charge in [0.25, 0.3) is 0 Å². The van der Waals surface area contributed by atoms with Crippen molar-refractivity contribution in [2.75, 3.05) is 26.9 Å². The van der Waals surface area contributed by atoms with Crippen molar-refractivity contribution >= 4 is 22.9 Å². The highest BCUT2D eigenvalue weighted by Gasteiger charge is 2.51. The molecule has 3 N–H and O–H groups in total. The Kier molecular flexibility index (Phi) is 14.1. The molecule has 342 valence electrons. The predicted molar refractivity (Wildman–Crippen MR) is 246 cm³/mol. The maximum atomic E-state index is 14.9. The van der Waals surface area contributed by atoms with Crippen LogP contribution in [0.25, 0.3) is 11.0 Å². The molecule has 4 aliphatic rings. The minimum absolute atomic E-state index is 0.0250. The van der Waals surface area contributed by atoms with Crippen molar-refractivity contribution in [2.45, 2.75) is 114 Å². The summed E-state index contributed by atoms with van der Waals surface area (Å²) in [7, 11) is 1.49. The summed E-state index contributed by atoms with van der Waals surface area (Å²) in [6.45, 7) is 4.15.